The molecular formula is C16H21NO9S. The van der Waals surface area contributed by atoms with Crippen LogP contribution in [0.3, 0.4) is 0 Å². The molecule has 0 unspecified atom stereocenters. The van der Waals surface area contributed by atoms with Crippen LogP contribution in [-0.4, -0.2) is 56.5 Å². The van der Waals surface area contributed by atoms with E-state index in [1.165, 1.54) is 19.2 Å². The summed E-state index contributed by atoms with van der Waals surface area (Å²) in [4.78, 5) is 34.0. The van der Waals surface area contributed by atoms with Gasteiger partial charge in [0.05, 0.1) is 18.4 Å². The smallest absolute Gasteiger partial charge is 0.341 e. The Balaban J connectivity index is 3.00. The number of hydrogen-bond donors (Lipinski definition) is 2. The quantitative estimate of drug-likeness (QED) is 0.607. The molecule has 150 valence electrons. The van der Waals surface area contributed by atoms with E-state index in [9.17, 15) is 22.8 Å². The summed E-state index contributed by atoms with van der Waals surface area (Å²) < 4.78 is 41.1. The van der Waals surface area contributed by atoms with Crippen molar-refractivity contribution in [3.63, 3.8) is 0 Å². The van der Waals surface area contributed by atoms with Gasteiger partial charge in [-0.25, -0.2) is 18.0 Å². The molecule has 11 heteroatoms. The zero-order valence-corrected chi connectivity index (χ0v) is 16.1. The fourth-order valence-electron chi connectivity index (χ4n) is 1.86. The first-order valence-electron chi connectivity index (χ1n) is 7.62. The summed E-state index contributed by atoms with van der Waals surface area (Å²) in [7, 11) is -2.88. The summed E-state index contributed by atoms with van der Waals surface area (Å²) >= 11 is 0. The maximum absolute atomic E-state index is 12.2. The molecule has 1 aromatic rings. The van der Waals surface area contributed by atoms with E-state index in [0.29, 0.717) is 0 Å². The number of esters is 2. The first kappa shape index (κ1) is 22.2. The summed E-state index contributed by atoms with van der Waals surface area (Å²) in [6.45, 7) is 3.95. The molecule has 0 aliphatic rings. The van der Waals surface area contributed by atoms with E-state index in [-0.39, 0.29) is 17.0 Å². The zero-order valence-electron chi connectivity index (χ0n) is 15.3. The Morgan fingerprint density at radius 2 is 1.81 bits per heavy atom. The summed E-state index contributed by atoms with van der Waals surface area (Å²) in [6, 6.07) is 3.67. The predicted octanol–water partition coefficient (Wildman–Crippen LogP) is 1.02. The van der Waals surface area contributed by atoms with E-state index in [1.54, 1.807) is 20.8 Å². The number of methoxy groups -OCH3 is 1. The molecule has 0 amide bonds. The van der Waals surface area contributed by atoms with Gasteiger partial charge in [-0.05, 0) is 39.0 Å². The van der Waals surface area contributed by atoms with Gasteiger partial charge in [0.15, 0.2) is 12.4 Å². The highest BCUT2D eigenvalue weighted by molar-refractivity contribution is 7.93. The number of rotatable bonds is 8. The second-order valence-electron chi connectivity index (χ2n) is 6.33. The lowest BCUT2D eigenvalue weighted by Gasteiger charge is -2.19. The third-order valence-corrected chi connectivity index (χ3v) is 3.90. The van der Waals surface area contributed by atoms with Crippen LogP contribution >= 0.6 is 0 Å². The van der Waals surface area contributed by atoms with Gasteiger partial charge in [0, 0.05) is 0 Å². The summed E-state index contributed by atoms with van der Waals surface area (Å²) in [5, 5.41) is 8.53. The van der Waals surface area contributed by atoms with Crippen molar-refractivity contribution in [2.45, 2.75) is 26.4 Å². The van der Waals surface area contributed by atoms with Gasteiger partial charge in [0.2, 0.25) is 10.0 Å². The first-order chi connectivity index (χ1) is 12.3. The van der Waals surface area contributed by atoms with Crippen LogP contribution in [0, 0.1) is 0 Å². The average Bonchev–Trinajstić information content (AvgIpc) is 2.49. The largest absolute Gasteiger partial charge is 0.495 e. The number of hydrogen-bond acceptors (Lipinski definition) is 8. The molecule has 0 aliphatic heterocycles. The average molecular weight is 403 g/mol. The number of nitrogens with one attached hydrogen (secondary N) is 1. The molecule has 27 heavy (non-hydrogen) atoms. The molecule has 0 atom stereocenters. The molecule has 10 nitrogen and oxygen atoms in total. The monoisotopic (exact) mass is 403 g/mol. The predicted molar refractivity (Wildman–Crippen MR) is 94.2 cm³/mol. The molecule has 0 saturated heterocycles. The van der Waals surface area contributed by atoms with E-state index in [2.05, 4.69) is 9.46 Å². The van der Waals surface area contributed by atoms with Crippen molar-refractivity contribution < 1.29 is 42.1 Å². The number of anilines is 1. The first-order valence-corrected chi connectivity index (χ1v) is 9.27. The minimum atomic E-state index is -4.16. The lowest BCUT2D eigenvalue weighted by atomic mass is 10.2. The molecule has 2 N–H and O–H groups in total. The normalized spacial score (nSPS) is 11.4. The maximum atomic E-state index is 12.2. The van der Waals surface area contributed by atoms with Gasteiger partial charge in [-0.2, -0.15) is 0 Å². The van der Waals surface area contributed by atoms with Gasteiger partial charge < -0.3 is 19.3 Å². The van der Waals surface area contributed by atoms with Crippen molar-refractivity contribution in [3.05, 3.63) is 23.8 Å². The van der Waals surface area contributed by atoms with Gasteiger partial charge >= 0.3 is 17.9 Å². The minimum absolute atomic E-state index is 0.0811. The van der Waals surface area contributed by atoms with Crippen LogP contribution in [0.15, 0.2) is 18.2 Å². The zero-order chi connectivity index (χ0) is 20.8. The fraction of sp³-hybridized carbons (Fsp3) is 0.438. The number of carboxylic acids is 1. The van der Waals surface area contributed by atoms with Crippen LogP contribution in [0.25, 0.3) is 0 Å². The molecule has 0 fully saturated rings. The summed E-state index contributed by atoms with van der Waals surface area (Å²) in [6.07, 6.45) is 0. The van der Waals surface area contributed by atoms with Crippen molar-refractivity contribution >= 4 is 33.6 Å². The summed E-state index contributed by atoms with van der Waals surface area (Å²) in [5.41, 5.74) is -1.07. The van der Waals surface area contributed by atoms with Gasteiger partial charge in [-0.15, -0.1) is 0 Å². The molecule has 0 saturated carbocycles. The standard InChI is InChI=1S/C16H21NO9S/c1-16(2,3)26-14(20)9-27(22,23)17-11-7-10(5-6-12(11)24-4)15(21)25-8-13(18)19/h5-7,17H,8-9H2,1-4H3,(H,18,19). The second-order valence-corrected chi connectivity index (χ2v) is 8.05. The van der Waals surface area contributed by atoms with Crippen LogP contribution in [-0.2, 0) is 29.1 Å². The molecule has 0 aromatic heterocycles. The highest BCUT2D eigenvalue weighted by Gasteiger charge is 2.24. The molecular weight excluding hydrogens is 382 g/mol. The van der Waals surface area contributed by atoms with Crippen LogP contribution in [0.4, 0.5) is 5.69 Å². The lowest BCUT2D eigenvalue weighted by molar-refractivity contribution is -0.151. The van der Waals surface area contributed by atoms with E-state index < -0.39 is 45.9 Å². The highest BCUT2D eigenvalue weighted by Crippen LogP contribution is 2.27. The maximum Gasteiger partial charge on any atom is 0.341 e. The van der Waals surface area contributed by atoms with Crippen molar-refractivity contribution in [2.75, 3.05) is 24.2 Å². The number of carboxylic acid groups (broad SMARTS) is 1. The Morgan fingerprint density at radius 3 is 2.33 bits per heavy atom. The van der Waals surface area contributed by atoms with E-state index >= 15 is 0 Å². The minimum Gasteiger partial charge on any atom is -0.495 e. The van der Waals surface area contributed by atoms with E-state index in [4.69, 9.17) is 14.6 Å². The van der Waals surface area contributed by atoms with Crippen molar-refractivity contribution in [2.24, 2.45) is 0 Å². The molecule has 1 aromatic carbocycles. The number of carbonyl (C=O) groups excluding carboxylic acids is 2. The van der Waals surface area contributed by atoms with Gasteiger partial charge in [0.1, 0.15) is 11.4 Å². The molecule has 1 rings (SSSR count). The molecule has 0 spiro atoms. The number of benzene rings is 1. The van der Waals surface area contributed by atoms with E-state index in [0.717, 1.165) is 6.07 Å². The number of ether oxygens (including phenoxy) is 3. The Kier molecular flexibility index (Phi) is 7.17. The summed E-state index contributed by atoms with van der Waals surface area (Å²) in [5.74, 6) is -4.12. The molecule has 0 heterocycles. The number of aliphatic carboxylic acids is 1. The Morgan fingerprint density at radius 1 is 1.19 bits per heavy atom. The van der Waals surface area contributed by atoms with Gasteiger partial charge in [0.25, 0.3) is 0 Å². The third-order valence-electron chi connectivity index (χ3n) is 2.76. The van der Waals surface area contributed by atoms with Gasteiger partial charge in [-0.1, -0.05) is 0 Å². The number of carbonyl (C=O) groups is 3. The topological polar surface area (TPSA) is 145 Å². The van der Waals surface area contributed by atoms with E-state index in [1.807, 2.05) is 0 Å². The van der Waals surface area contributed by atoms with Crippen LogP contribution in [0.2, 0.25) is 0 Å². The lowest BCUT2D eigenvalue weighted by Crippen LogP contribution is -2.30. The Hall–Kier alpha value is -2.82. The molecule has 0 radical (unpaired) electrons. The Bertz CT molecular complexity index is 825. The van der Waals surface area contributed by atoms with Crippen LogP contribution in [0.5, 0.6) is 5.75 Å². The molecule has 0 bridgehead atoms. The fourth-order valence-corrected chi connectivity index (χ4v) is 2.79. The number of sulfonamides is 1. The van der Waals surface area contributed by atoms with Crippen LogP contribution < -0.4 is 9.46 Å². The Labute approximate surface area is 156 Å². The van der Waals surface area contributed by atoms with Crippen molar-refractivity contribution in [3.8, 4) is 5.75 Å². The second kappa shape index (κ2) is 8.71. The van der Waals surface area contributed by atoms with Crippen molar-refractivity contribution in [1.82, 2.24) is 0 Å². The van der Waals surface area contributed by atoms with Gasteiger partial charge in [-0.3, -0.25) is 9.52 Å². The molecule has 0 aliphatic carbocycles. The third kappa shape index (κ3) is 7.94. The SMILES string of the molecule is COc1ccc(C(=O)OCC(=O)O)cc1NS(=O)(=O)CC(=O)OC(C)(C)C. The highest BCUT2D eigenvalue weighted by atomic mass is 32.2. The van der Waals surface area contributed by atoms with Crippen LogP contribution in [0.1, 0.15) is 31.1 Å². The van der Waals surface area contributed by atoms with Crippen molar-refractivity contribution in [1.29, 1.82) is 0 Å².